The number of hydrogen-bond acceptors (Lipinski definition) is 5. The second kappa shape index (κ2) is 8.88. The topological polar surface area (TPSA) is 82.7 Å². The van der Waals surface area contributed by atoms with Crippen LogP contribution in [0, 0.1) is 0 Å². The number of carbonyl (C=O) groups excluding carboxylic acids is 1. The van der Waals surface area contributed by atoms with Crippen molar-refractivity contribution in [3.63, 3.8) is 0 Å². The van der Waals surface area contributed by atoms with Gasteiger partial charge in [0.1, 0.15) is 12.3 Å². The Labute approximate surface area is 190 Å². The minimum absolute atomic E-state index is 0.261. The molecule has 0 atom stereocenters. The molecule has 5 aromatic rings. The van der Waals surface area contributed by atoms with Crippen molar-refractivity contribution < 1.29 is 14.3 Å². The Balaban J connectivity index is 1.30. The molecule has 0 aliphatic carbocycles. The highest BCUT2D eigenvalue weighted by atomic mass is 16.5. The summed E-state index contributed by atoms with van der Waals surface area (Å²) in [6.07, 6.45) is 5.60. The van der Waals surface area contributed by atoms with Crippen LogP contribution in [0.2, 0.25) is 0 Å². The summed E-state index contributed by atoms with van der Waals surface area (Å²) < 4.78 is 15.0. The highest BCUT2D eigenvalue weighted by Gasteiger charge is 2.13. The van der Waals surface area contributed by atoms with E-state index in [0.717, 1.165) is 17.0 Å². The molecular weight excluding hydrogens is 418 g/mol. The number of aromatic nitrogens is 4. The maximum Gasteiger partial charge on any atom is 0.276 e. The van der Waals surface area contributed by atoms with Crippen molar-refractivity contribution >= 4 is 17.2 Å². The Morgan fingerprint density at radius 3 is 2.64 bits per heavy atom. The van der Waals surface area contributed by atoms with Gasteiger partial charge in [-0.05, 0) is 42.5 Å². The van der Waals surface area contributed by atoms with Crippen molar-refractivity contribution in [2.45, 2.75) is 6.61 Å². The van der Waals surface area contributed by atoms with Gasteiger partial charge < -0.3 is 19.2 Å². The van der Waals surface area contributed by atoms with Crippen LogP contribution in [0.15, 0.2) is 91.4 Å². The molecule has 8 heteroatoms. The van der Waals surface area contributed by atoms with E-state index in [9.17, 15) is 4.79 Å². The zero-order valence-electron chi connectivity index (χ0n) is 17.9. The van der Waals surface area contributed by atoms with Gasteiger partial charge >= 0.3 is 0 Å². The van der Waals surface area contributed by atoms with E-state index in [1.54, 1.807) is 42.3 Å². The third-order valence-corrected chi connectivity index (χ3v) is 5.05. The van der Waals surface area contributed by atoms with Gasteiger partial charge in [0.2, 0.25) is 0 Å². The lowest BCUT2D eigenvalue weighted by atomic mass is 10.2. The average molecular weight is 439 g/mol. The average Bonchev–Trinajstić information content (AvgIpc) is 3.51. The monoisotopic (exact) mass is 439 g/mol. The lowest BCUT2D eigenvalue weighted by Gasteiger charge is -2.12. The predicted molar refractivity (Wildman–Crippen MR) is 124 cm³/mol. The molecule has 3 heterocycles. The van der Waals surface area contributed by atoms with Crippen molar-refractivity contribution in [1.82, 2.24) is 19.2 Å². The summed E-state index contributed by atoms with van der Waals surface area (Å²) in [5.41, 5.74) is 3.38. The van der Waals surface area contributed by atoms with E-state index in [0.29, 0.717) is 22.9 Å². The third-order valence-electron chi connectivity index (χ3n) is 5.05. The van der Waals surface area contributed by atoms with E-state index >= 15 is 0 Å². The van der Waals surface area contributed by atoms with Gasteiger partial charge in [0.15, 0.2) is 17.2 Å². The SMILES string of the molecule is COc1ccc(NC(=O)c2ccn(-c3ccccc3)n2)cc1OCc1cn2ccccc2n1. The number of anilines is 1. The lowest BCUT2D eigenvalue weighted by molar-refractivity contribution is 0.102. The molecule has 5 rings (SSSR count). The largest absolute Gasteiger partial charge is 0.493 e. The Kier molecular flexibility index (Phi) is 5.47. The van der Waals surface area contributed by atoms with E-state index in [1.165, 1.54) is 0 Å². The Bertz CT molecular complexity index is 1380. The first-order chi connectivity index (χ1) is 16.2. The van der Waals surface area contributed by atoms with E-state index in [2.05, 4.69) is 15.4 Å². The molecule has 0 saturated heterocycles. The molecule has 1 N–H and O–H groups in total. The molecule has 164 valence electrons. The zero-order chi connectivity index (χ0) is 22.6. The van der Waals surface area contributed by atoms with E-state index < -0.39 is 0 Å². The summed E-state index contributed by atoms with van der Waals surface area (Å²) in [6, 6.07) is 22.3. The van der Waals surface area contributed by atoms with Gasteiger partial charge in [-0.25, -0.2) is 9.67 Å². The number of hydrogen-bond donors (Lipinski definition) is 1. The number of carbonyl (C=O) groups is 1. The molecule has 33 heavy (non-hydrogen) atoms. The number of amides is 1. The fourth-order valence-electron chi connectivity index (χ4n) is 3.44. The lowest BCUT2D eigenvalue weighted by Crippen LogP contribution is -2.13. The van der Waals surface area contributed by atoms with Crippen LogP contribution in [-0.2, 0) is 6.61 Å². The van der Waals surface area contributed by atoms with Gasteiger partial charge in [0.25, 0.3) is 5.91 Å². The normalized spacial score (nSPS) is 10.8. The number of methoxy groups -OCH3 is 1. The van der Waals surface area contributed by atoms with Crippen molar-refractivity contribution in [2.24, 2.45) is 0 Å². The molecule has 0 fully saturated rings. The molecule has 0 saturated carbocycles. The Hall–Kier alpha value is -4.59. The van der Waals surface area contributed by atoms with E-state index in [1.807, 2.05) is 65.3 Å². The number of para-hydroxylation sites is 1. The van der Waals surface area contributed by atoms with Crippen LogP contribution in [0.5, 0.6) is 11.5 Å². The van der Waals surface area contributed by atoms with Crippen LogP contribution in [0.4, 0.5) is 5.69 Å². The van der Waals surface area contributed by atoms with Crippen LogP contribution >= 0.6 is 0 Å². The molecule has 0 unspecified atom stereocenters. The molecule has 0 spiro atoms. The molecule has 0 radical (unpaired) electrons. The number of ether oxygens (including phenoxy) is 2. The zero-order valence-corrected chi connectivity index (χ0v) is 17.9. The second-order valence-electron chi connectivity index (χ2n) is 7.29. The van der Waals surface area contributed by atoms with Crippen LogP contribution in [-0.4, -0.2) is 32.2 Å². The van der Waals surface area contributed by atoms with Crippen LogP contribution in [0.1, 0.15) is 16.2 Å². The molecular formula is C25H21N5O3. The Morgan fingerprint density at radius 1 is 0.970 bits per heavy atom. The van der Waals surface area contributed by atoms with Crippen molar-refractivity contribution in [2.75, 3.05) is 12.4 Å². The van der Waals surface area contributed by atoms with Crippen molar-refractivity contribution in [3.05, 3.63) is 103 Å². The summed E-state index contributed by atoms with van der Waals surface area (Å²) in [5.74, 6) is 0.744. The minimum atomic E-state index is -0.318. The van der Waals surface area contributed by atoms with Gasteiger partial charge in [0.05, 0.1) is 18.5 Å². The number of pyridine rings is 1. The fourth-order valence-corrected chi connectivity index (χ4v) is 3.44. The van der Waals surface area contributed by atoms with Crippen LogP contribution < -0.4 is 14.8 Å². The summed E-state index contributed by atoms with van der Waals surface area (Å²) in [4.78, 5) is 17.3. The molecule has 8 nitrogen and oxygen atoms in total. The second-order valence-corrected chi connectivity index (χ2v) is 7.29. The number of nitrogens with one attached hydrogen (secondary N) is 1. The molecule has 0 aliphatic rings. The Morgan fingerprint density at radius 2 is 1.82 bits per heavy atom. The number of benzene rings is 2. The number of rotatable bonds is 7. The summed E-state index contributed by atoms with van der Waals surface area (Å²) >= 11 is 0. The standard InChI is InChI=1S/C25H21N5O3/c1-32-22-11-10-18(15-23(22)33-17-19-16-29-13-6-5-9-24(29)26-19)27-25(31)21-12-14-30(28-21)20-7-3-2-4-8-20/h2-16H,17H2,1H3,(H,27,31). The van der Waals surface area contributed by atoms with Gasteiger partial charge in [-0.1, -0.05) is 24.3 Å². The van der Waals surface area contributed by atoms with Crippen molar-refractivity contribution in [1.29, 1.82) is 0 Å². The maximum atomic E-state index is 12.7. The van der Waals surface area contributed by atoms with E-state index in [-0.39, 0.29) is 12.5 Å². The van der Waals surface area contributed by atoms with Gasteiger partial charge in [-0.15, -0.1) is 0 Å². The fraction of sp³-hybridized carbons (Fsp3) is 0.0800. The first kappa shape index (κ1) is 20.3. The maximum absolute atomic E-state index is 12.7. The number of imidazole rings is 1. The molecule has 2 aromatic carbocycles. The van der Waals surface area contributed by atoms with Crippen LogP contribution in [0.3, 0.4) is 0 Å². The first-order valence-corrected chi connectivity index (χ1v) is 10.4. The predicted octanol–water partition coefficient (Wildman–Crippen LogP) is 4.36. The summed E-state index contributed by atoms with van der Waals surface area (Å²) in [5, 5.41) is 7.23. The van der Waals surface area contributed by atoms with Gasteiger partial charge in [-0.3, -0.25) is 4.79 Å². The highest BCUT2D eigenvalue weighted by molar-refractivity contribution is 6.03. The van der Waals surface area contributed by atoms with Crippen molar-refractivity contribution in [3.8, 4) is 17.2 Å². The van der Waals surface area contributed by atoms with Gasteiger partial charge in [0, 0.05) is 30.3 Å². The number of fused-ring (bicyclic) bond motifs is 1. The molecule has 1 amide bonds. The molecule has 0 bridgehead atoms. The number of nitrogens with zero attached hydrogens (tertiary/aromatic N) is 4. The van der Waals surface area contributed by atoms with Crippen LogP contribution in [0.25, 0.3) is 11.3 Å². The first-order valence-electron chi connectivity index (χ1n) is 10.4. The smallest absolute Gasteiger partial charge is 0.276 e. The molecule has 0 aliphatic heterocycles. The van der Waals surface area contributed by atoms with Gasteiger partial charge in [-0.2, -0.15) is 5.10 Å². The van der Waals surface area contributed by atoms with E-state index in [4.69, 9.17) is 9.47 Å². The third kappa shape index (κ3) is 4.40. The quantitative estimate of drug-likeness (QED) is 0.407. The minimum Gasteiger partial charge on any atom is -0.493 e. The highest BCUT2D eigenvalue weighted by Crippen LogP contribution is 2.31. The molecule has 3 aromatic heterocycles. The summed E-state index contributed by atoms with van der Waals surface area (Å²) in [6.45, 7) is 0.261. The summed E-state index contributed by atoms with van der Waals surface area (Å²) in [7, 11) is 1.57.